The minimum absolute atomic E-state index is 0.123. The van der Waals surface area contributed by atoms with Crippen molar-refractivity contribution in [2.75, 3.05) is 6.54 Å². The number of carbonyl (C=O) groups is 2. The first-order chi connectivity index (χ1) is 7.68. The predicted molar refractivity (Wildman–Crippen MR) is 68.0 cm³/mol. The van der Waals surface area contributed by atoms with Crippen LogP contribution in [0.4, 0.5) is 0 Å². The predicted octanol–water partition coefficient (Wildman–Crippen LogP) is 0.950. The summed E-state index contributed by atoms with van der Waals surface area (Å²) in [6.45, 7) is 0.360. The largest absolute Gasteiger partial charge is 0.348 e. The molecule has 6 heteroatoms. The third kappa shape index (κ3) is 1.32. The van der Waals surface area contributed by atoms with Gasteiger partial charge in [0.15, 0.2) is 0 Å². The molecule has 1 unspecified atom stereocenters. The molecule has 4 nitrogen and oxygen atoms in total. The molecule has 0 saturated carbocycles. The Bertz CT molecular complexity index is 533. The van der Waals surface area contributed by atoms with E-state index in [-0.39, 0.29) is 17.9 Å². The molecule has 1 aromatic rings. The normalized spacial score (nSPS) is 23.4. The standard InChI is InChI=1S/C10H7IN2O2S/c11-5-1-2-16-8(5)7-6-4(9(14)13-7)3-12-10(6)15/h1-2,7H,3H2,(H,12,15)(H,13,14). The third-order valence-electron chi connectivity index (χ3n) is 2.74. The maximum Gasteiger partial charge on any atom is 0.250 e. The molecule has 3 rings (SSSR count). The summed E-state index contributed by atoms with van der Waals surface area (Å²) in [7, 11) is 0. The zero-order chi connectivity index (χ0) is 11.3. The molecule has 2 N–H and O–H groups in total. The van der Waals surface area contributed by atoms with E-state index in [1.807, 2.05) is 11.4 Å². The highest BCUT2D eigenvalue weighted by atomic mass is 127. The van der Waals surface area contributed by atoms with E-state index in [0.717, 1.165) is 8.45 Å². The average Bonchev–Trinajstić information content (AvgIpc) is 2.88. The van der Waals surface area contributed by atoms with Crippen LogP contribution in [0, 0.1) is 3.57 Å². The van der Waals surface area contributed by atoms with Crippen molar-refractivity contribution in [1.82, 2.24) is 10.6 Å². The third-order valence-corrected chi connectivity index (χ3v) is 5.03. The van der Waals surface area contributed by atoms with Gasteiger partial charge in [-0.15, -0.1) is 11.3 Å². The van der Waals surface area contributed by atoms with Crippen molar-refractivity contribution >= 4 is 45.7 Å². The van der Waals surface area contributed by atoms with Crippen LogP contribution in [0.3, 0.4) is 0 Å². The fraction of sp³-hybridized carbons (Fsp3) is 0.200. The number of hydrogen-bond donors (Lipinski definition) is 2. The van der Waals surface area contributed by atoms with E-state index >= 15 is 0 Å². The van der Waals surface area contributed by atoms with E-state index < -0.39 is 0 Å². The van der Waals surface area contributed by atoms with Gasteiger partial charge in [-0.2, -0.15) is 0 Å². The van der Waals surface area contributed by atoms with Gasteiger partial charge in [0.05, 0.1) is 11.6 Å². The summed E-state index contributed by atoms with van der Waals surface area (Å²) >= 11 is 3.78. The zero-order valence-corrected chi connectivity index (χ0v) is 11.0. The maximum atomic E-state index is 11.7. The van der Waals surface area contributed by atoms with Gasteiger partial charge in [0, 0.05) is 20.6 Å². The smallest absolute Gasteiger partial charge is 0.250 e. The first-order valence-electron chi connectivity index (χ1n) is 4.73. The van der Waals surface area contributed by atoms with Gasteiger partial charge in [0.2, 0.25) is 5.91 Å². The van der Waals surface area contributed by atoms with Gasteiger partial charge in [0.1, 0.15) is 0 Å². The molecule has 0 radical (unpaired) electrons. The summed E-state index contributed by atoms with van der Waals surface area (Å²) in [5, 5.41) is 7.52. The highest BCUT2D eigenvalue weighted by Gasteiger charge is 2.41. The van der Waals surface area contributed by atoms with Crippen LogP contribution in [0.25, 0.3) is 0 Å². The molecule has 0 fully saturated rings. The first kappa shape index (κ1) is 10.3. The van der Waals surface area contributed by atoms with E-state index in [1.165, 1.54) is 0 Å². The molecule has 2 amide bonds. The van der Waals surface area contributed by atoms with E-state index in [9.17, 15) is 9.59 Å². The highest BCUT2D eigenvalue weighted by molar-refractivity contribution is 14.1. The lowest BCUT2D eigenvalue weighted by molar-refractivity contribution is -0.117. The van der Waals surface area contributed by atoms with Gasteiger partial charge >= 0.3 is 0 Å². The number of thiophene rings is 1. The molecule has 16 heavy (non-hydrogen) atoms. The summed E-state index contributed by atoms with van der Waals surface area (Å²) in [5.41, 5.74) is 1.20. The molecular weight excluding hydrogens is 339 g/mol. The van der Waals surface area contributed by atoms with Crippen molar-refractivity contribution in [2.24, 2.45) is 0 Å². The first-order valence-corrected chi connectivity index (χ1v) is 6.69. The molecule has 0 bridgehead atoms. The summed E-state index contributed by atoms with van der Waals surface area (Å²) < 4.78 is 1.08. The van der Waals surface area contributed by atoms with Crippen LogP contribution in [0.15, 0.2) is 22.6 Å². The Hall–Kier alpha value is -0.890. The topological polar surface area (TPSA) is 58.2 Å². The summed E-state index contributed by atoms with van der Waals surface area (Å²) in [5.74, 6) is -0.245. The molecule has 2 aliphatic heterocycles. The van der Waals surface area contributed by atoms with Crippen LogP contribution >= 0.6 is 33.9 Å². The maximum absolute atomic E-state index is 11.7. The van der Waals surface area contributed by atoms with Gasteiger partial charge in [-0.25, -0.2) is 0 Å². The quantitative estimate of drug-likeness (QED) is 0.744. The van der Waals surface area contributed by atoms with E-state index in [1.54, 1.807) is 11.3 Å². The highest BCUT2D eigenvalue weighted by Crippen LogP contribution is 2.37. The monoisotopic (exact) mass is 346 g/mol. The molecule has 3 heterocycles. The number of hydrogen-bond acceptors (Lipinski definition) is 3. The minimum Gasteiger partial charge on any atom is -0.348 e. The minimum atomic E-state index is -0.253. The number of carbonyl (C=O) groups excluding carboxylic acids is 2. The lowest BCUT2D eigenvalue weighted by Crippen LogP contribution is -2.31. The summed E-state index contributed by atoms with van der Waals surface area (Å²) in [4.78, 5) is 24.4. The molecule has 0 aliphatic carbocycles. The summed E-state index contributed by atoms with van der Waals surface area (Å²) in [6, 6.07) is 1.73. The van der Waals surface area contributed by atoms with E-state index in [4.69, 9.17) is 0 Å². The molecule has 0 spiro atoms. The van der Waals surface area contributed by atoms with Gasteiger partial charge < -0.3 is 10.6 Å². The Labute approximate surface area is 109 Å². The van der Waals surface area contributed by atoms with Crippen LogP contribution < -0.4 is 10.6 Å². The Morgan fingerprint density at radius 2 is 2.19 bits per heavy atom. The SMILES string of the molecule is O=C1NC(c2sccc2I)C2=C1CNC2=O. The second-order valence-electron chi connectivity index (χ2n) is 3.61. The number of nitrogens with one attached hydrogen (secondary N) is 2. The molecular formula is C10H7IN2O2S. The van der Waals surface area contributed by atoms with Gasteiger partial charge in [-0.1, -0.05) is 0 Å². The second kappa shape index (κ2) is 3.56. The van der Waals surface area contributed by atoms with Crippen LogP contribution in [0.2, 0.25) is 0 Å². The molecule has 1 aromatic heterocycles. The molecule has 2 aliphatic rings. The van der Waals surface area contributed by atoms with E-state index in [0.29, 0.717) is 17.7 Å². The van der Waals surface area contributed by atoms with Crippen molar-refractivity contribution in [3.63, 3.8) is 0 Å². The van der Waals surface area contributed by atoms with Crippen molar-refractivity contribution in [2.45, 2.75) is 6.04 Å². The van der Waals surface area contributed by atoms with Crippen LogP contribution in [-0.4, -0.2) is 18.4 Å². The van der Waals surface area contributed by atoms with E-state index in [2.05, 4.69) is 33.2 Å². The Morgan fingerprint density at radius 1 is 1.38 bits per heavy atom. The van der Waals surface area contributed by atoms with Crippen molar-refractivity contribution in [3.05, 3.63) is 31.0 Å². The average molecular weight is 346 g/mol. The van der Waals surface area contributed by atoms with Gasteiger partial charge in [0.25, 0.3) is 5.91 Å². The fourth-order valence-corrected chi connectivity index (χ4v) is 3.96. The molecule has 0 aromatic carbocycles. The van der Waals surface area contributed by atoms with Crippen molar-refractivity contribution in [3.8, 4) is 0 Å². The van der Waals surface area contributed by atoms with Crippen molar-refractivity contribution < 1.29 is 9.59 Å². The Kier molecular flexibility index (Phi) is 2.28. The summed E-state index contributed by atoms with van der Waals surface area (Å²) in [6.07, 6.45) is 0. The van der Waals surface area contributed by atoms with Crippen LogP contribution in [0.1, 0.15) is 10.9 Å². The second-order valence-corrected chi connectivity index (χ2v) is 5.72. The number of rotatable bonds is 1. The number of halogens is 1. The Balaban J connectivity index is 2.09. The molecule has 0 saturated heterocycles. The molecule has 82 valence electrons. The fourth-order valence-electron chi connectivity index (χ4n) is 2.00. The van der Waals surface area contributed by atoms with Crippen LogP contribution in [-0.2, 0) is 9.59 Å². The Morgan fingerprint density at radius 3 is 2.88 bits per heavy atom. The lowest BCUT2D eigenvalue weighted by Gasteiger charge is -2.12. The van der Waals surface area contributed by atoms with Crippen LogP contribution in [0.5, 0.6) is 0 Å². The van der Waals surface area contributed by atoms with Gasteiger partial charge in [-0.05, 0) is 34.0 Å². The van der Waals surface area contributed by atoms with Gasteiger partial charge in [-0.3, -0.25) is 9.59 Å². The zero-order valence-electron chi connectivity index (χ0n) is 8.04. The molecule has 1 atom stereocenters. The number of amides is 2. The lowest BCUT2D eigenvalue weighted by atomic mass is 10.1. The van der Waals surface area contributed by atoms with Crippen molar-refractivity contribution in [1.29, 1.82) is 0 Å².